The average Bonchev–Trinajstić information content (AvgIpc) is 2.61. The minimum atomic E-state index is -1.14. The van der Waals surface area contributed by atoms with Gasteiger partial charge in [-0.1, -0.05) is 70.4 Å². The number of nitrogens with one attached hydrogen (secondary N) is 2. The van der Waals surface area contributed by atoms with Gasteiger partial charge < -0.3 is 15.5 Å². The number of hydrogen-bond donors (Lipinski definition) is 4. The number of carbonyl (C=O) groups is 1. The number of hydrogen-bond acceptors (Lipinski definition) is 4. The average molecular weight is 379 g/mol. The maximum atomic E-state index is 11.3. The van der Waals surface area contributed by atoms with Crippen molar-refractivity contribution in [2.45, 2.75) is 83.6 Å². The number of amides is 1. The zero-order valence-electron chi connectivity index (χ0n) is 16.6. The number of carboxylic acid groups (broad SMARTS) is 1. The predicted octanol–water partition coefficient (Wildman–Crippen LogP) is 3.49. The standard InChI is InChI=1S/C21H34N2O4/c1-21(2,3)19(23-27-16-12-8-5-9-13-16)18(24)17(22-20(25)26)14-15-10-6-4-7-11-15/h4,6-7,10-11,16-19,22-24H,5,8-9,12-14H2,1-3H3,(H,25,26)/t17-,18+,19?/m0/s1. The van der Waals surface area contributed by atoms with E-state index in [2.05, 4.69) is 10.8 Å². The van der Waals surface area contributed by atoms with Crippen molar-refractivity contribution in [3.63, 3.8) is 0 Å². The highest BCUT2D eigenvalue weighted by Crippen LogP contribution is 2.26. The molecule has 0 bridgehead atoms. The Bertz CT molecular complexity index is 567. The monoisotopic (exact) mass is 378 g/mol. The Morgan fingerprint density at radius 2 is 1.81 bits per heavy atom. The van der Waals surface area contributed by atoms with Crippen LogP contribution < -0.4 is 10.8 Å². The molecule has 1 aromatic carbocycles. The molecular formula is C21H34N2O4. The highest BCUT2D eigenvalue weighted by molar-refractivity contribution is 5.65. The molecule has 0 aromatic heterocycles. The van der Waals surface area contributed by atoms with E-state index in [1.54, 1.807) is 0 Å². The topological polar surface area (TPSA) is 90.8 Å². The van der Waals surface area contributed by atoms with Crippen LogP contribution in [0.3, 0.4) is 0 Å². The van der Waals surface area contributed by atoms with Gasteiger partial charge in [-0.15, -0.1) is 0 Å². The van der Waals surface area contributed by atoms with Crippen LogP contribution in [0.4, 0.5) is 4.79 Å². The van der Waals surface area contributed by atoms with Crippen molar-refractivity contribution < 1.29 is 19.8 Å². The van der Waals surface area contributed by atoms with Crippen molar-refractivity contribution in [3.8, 4) is 0 Å². The summed E-state index contributed by atoms with van der Waals surface area (Å²) in [4.78, 5) is 17.2. The largest absolute Gasteiger partial charge is 0.465 e. The maximum Gasteiger partial charge on any atom is 0.404 e. The van der Waals surface area contributed by atoms with Gasteiger partial charge in [0, 0.05) is 0 Å². The maximum absolute atomic E-state index is 11.3. The lowest BCUT2D eigenvalue weighted by molar-refractivity contribution is -0.107. The fraction of sp³-hybridized carbons (Fsp3) is 0.667. The molecule has 2 rings (SSSR count). The first-order valence-corrected chi connectivity index (χ1v) is 9.90. The van der Waals surface area contributed by atoms with Crippen molar-refractivity contribution in [2.75, 3.05) is 0 Å². The van der Waals surface area contributed by atoms with Crippen LogP contribution in [-0.2, 0) is 11.3 Å². The van der Waals surface area contributed by atoms with Gasteiger partial charge in [0.2, 0.25) is 0 Å². The first-order chi connectivity index (χ1) is 12.8. The molecule has 1 aromatic rings. The lowest BCUT2D eigenvalue weighted by atomic mass is 9.80. The van der Waals surface area contributed by atoms with Crippen LogP contribution in [0.1, 0.15) is 58.4 Å². The normalized spacial score (nSPS) is 19.3. The minimum Gasteiger partial charge on any atom is -0.465 e. The molecule has 0 spiro atoms. The molecule has 0 saturated heterocycles. The van der Waals surface area contributed by atoms with Gasteiger partial charge in [0.05, 0.1) is 24.3 Å². The molecule has 0 aliphatic heterocycles. The number of aliphatic hydroxyl groups excluding tert-OH is 1. The molecule has 1 amide bonds. The molecule has 152 valence electrons. The Labute approximate surface area is 162 Å². The van der Waals surface area contributed by atoms with Gasteiger partial charge in [-0.3, -0.25) is 4.84 Å². The summed E-state index contributed by atoms with van der Waals surface area (Å²) in [6.45, 7) is 6.04. The van der Waals surface area contributed by atoms with Gasteiger partial charge in [0.1, 0.15) is 0 Å². The van der Waals surface area contributed by atoms with E-state index in [-0.39, 0.29) is 11.5 Å². The van der Waals surface area contributed by atoms with Gasteiger partial charge in [-0.05, 0) is 30.2 Å². The third kappa shape index (κ3) is 7.13. The van der Waals surface area contributed by atoms with Gasteiger partial charge in [-0.25, -0.2) is 4.79 Å². The molecule has 1 unspecified atom stereocenters. The van der Waals surface area contributed by atoms with Crippen molar-refractivity contribution in [1.29, 1.82) is 0 Å². The Morgan fingerprint density at radius 1 is 1.19 bits per heavy atom. The van der Waals surface area contributed by atoms with Crippen LogP contribution in [0.5, 0.6) is 0 Å². The lowest BCUT2D eigenvalue weighted by Gasteiger charge is -2.39. The highest BCUT2D eigenvalue weighted by Gasteiger charge is 2.37. The number of rotatable bonds is 8. The molecular weight excluding hydrogens is 344 g/mol. The van der Waals surface area contributed by atoms with E-state index in [1.807, 2.05) is 51.1 Å². The molecule has 6 nitrogen and oxygen atoms in total. The Kier molecular flexibility index (Phi) is 8.07. The quantitative estimate of drug-likeness (QED) is 0.520. The van der Waals surface area contributed by atoms with Crippen molar-refractivity contribution in [2.24, 2.45) is 5.41 Å². The molecule has 3 atom stereocenters. The van der Waals surface area contributed by atoms with Crippen molar-refractivity contribution in [1.82, 2.24) is 10.8 Å². The fourth-order valence-electron chi connectivity index (χ4n) is 3.63. The summed E-state index contributed by atoms with van der Waals surface area (Å²) < 4.78 is 0. The van der Waals surface area contributed by atoms with Crippen LogP contribution in [-0.4, -0.2) is 40.6 Å². The van der Waals surface area contributed by atoms with Crippen LogP contribution in [0.2, 0.25) is 0 Å². The summed E-state index contributed by atoms with van der Waals surface area (Å²) in [7, 11) is 0. The van der Waals surface area contributed by atoms with Crippen LogP contribution in [0.25, 0.3) is 0 Å². The van der Waals surface area contributed by atoms with Gasteiger partial charge in [0.15, 0.2) is 0 Å². The van der Waals surface area contributed by atoms with Crippen LogP contribution in [0.15, 0.2) is 30.3 Å². The zero-order chi connectivity index (χ0) is 19.9. The van der Waals surface area contributed by atoms with E-state index in [9.17, 15) is 15.0 Å². The second kappa shape index (κ2) is 10.1. The molecule has 27 heavy (non-hydrogen) atoms. The Hall–Kier alpha value is -1.63. The van der Waals surface area contributed by atoms with Crippen molar-refractivity contribution >= 4 is 6.09 Å². The Morgan fingerprint density at radius 3 is 2.37 bits per heavy atom. The van der Waals surface area contributed by atoms with E-state index in [4.69, 9.17) is 4.84 Å². The van der Waals surface area contributed by atoms with Gasteiger partial charge >= 0.3 is 6.09 Å². The van der Waals surface area contributed by atoms with Crippen molar-refractivity contribution in [3.05, 3.63) is 35.9 Å². The molecule has 6 heteroatoms. The van der Waals surface area contributed by atoms with E-state index in [1.165, 1.54) is 6.42 Å². The summed E-state index contributed by atoms with van der Waals surface area (Å²) >= 11 is 0. The molecule has 1 fully saturated rings. The number of aliphatic hydroxyl groups is 1. The molecule has 1 aliphatic rings. The number of hydroxylamine groups is 1. The third-order valence-corrected chi connectivity index (χ3v) is 5.21. The number of benzene rings is 1. The van der Waals surface area contributed by atoms with E-state index < -0.39 is 24.3 Å². The summed E-state index contributed by atoms with van der Waals surface area (Å²) in [6.07, 6.45) is 4.07. The van der Waals surface area contributed by atoms with E-state index in [0.29, 0.717) is 6.42 Å². The lowest BCUT2D eigenvalue weighted by Crippen LogP contribution is -2.58. The smallest absolute Gasteiger partial charge is 0.404 e. The highest BCUT2D eigenvalue weighted by atomic mass is 16.7. The van der Waals surface area contributed by atoms with E-state index >= 15 is 0 Å². The van der Waals surface area contributed by atoms with E-state index in [0.717, 1.165) is 31.2 Å². The summed E-state index contributed by atoms with van der Waals surface area (Å²) in [5, 5.41) is 22.8. The van der Waals surface area contributed by atoms with Crippen LogP contribution >= 0.6 is 0 Å². The summed E-state index contributed by atoms with van der Waals surface area (Å²) in [5.74, 6) is 0. The van der Waals surface area contributed by atoms with Gasteiger partial charge in [0.25, 0.3) is 0 Å². The summed E-state index contributed by atoms with van der Waals surface area (Å²) in [6, 6.07) is 8.53. The minimum absolute atomic E-state index is 0.149. The third-order valence-electron chi connectivity index (χ3n) is 5.21. The van der Waals surface area contributed by atoms with Gasteiger partial charge in [-0.2, -0.15) is 5.48 Å². The SMILES string of the molecule is CC(C)(C)C(NOC1CCCCC1)[C@H](O)[C@H](Cc1ccccc1)NC(=O)O. The second-order valence-electron chi connectivity index (χ2n) is 8.58. The molecule has 4 N–H and O–H groups in total. The fourth-order valence-corrected chi connectivity index (χ4v) is 3.63. The molecule has 0 heterocycles. The zero-order valence-corrected chi connectivity index (χ0v) is 16.6. The molecule has 1 saturated carbocycles. The Balaban J connectivity index is 2.10. The molecule has 1 aliphatic carbocycles. The predicted molar refractivity (Wildman–Crippen MR) is 105 cm³/mol. The molecule has 0 radical (unpaired) electrons. The van der Waals surface area contributed by atoms with Crippen LogP contribution in [0, 0.1) is 5.41 Å². The summed E-state index contributed by atoms with van der Waals surface area (Å²) in [5.41, 5.74) is 3.74. The first kappa shape index (κ1) is 21.7. The second-order valence-corrected chi connectivity index (χ2v) is 8.58. The first-order valence-electron chi connectivity index (χ1n) is 9.90.